The van der Waals surface area contributed by atoms with Crippen molar-refractivity contribution < 1.29 is 14.3 Å². The van der Waals surface area contributed by atoms with Crippen molar-refractivity contribution in [3.63, 3.8) is 0 Å². The van der Waals surface area contributed by atoms with E-state index in [2.05, 4.69) is 20.6 Å². The molecule has 7 nitrogen and oxygen atoms in total. The number of H-pyrrole nitrogens is 1. The molecule has 4 rings (SSSR count). The summed E-state index contributed by atoms with van der Waals surface area (Å²) in [4.78, 5) is 31.5. The predicted octanol–water partition coefficient (Wildman–Crippen LogP) is 2.29. The van der Waals surface area contributed by atoms with Gasteiger partial charge in [0.1, 0.15) is 5.75 Å². The molecule has 0 aliphatic carbocycles. The van der Waals surface area contributed by atoms with Gasteiger partial charge in [0, 0.05) is 0 Å². The zero-order valence-corrected chi connectivity index (χ0v) is 12.6. The van der Waals surface area contributed by atoms with Crippen LogP contribution in [0.15, 0.2) is 48.5 Å². The first-order valence-corrected chi connectivity index (χ1v) is 7.50. The molecule has 0 saturated carbocycles. The molecular weight excluding hydrogens is 308 g/mol. The highest BCUT2D eigenvalue weighted by Crippen LogP contribution is 2.29. The van der Waals surface area contributed by atoms with E-state index in [1.165, 1.54) is 0 Å². The Balaban J connectivity index is 1.45. The SMILES string of the molecule is O=C(C[C@@H]1Oc2ccccc2NC1=O)Nc1nc2ccccc2[nH]1. The maximum absolute atomic E-state index is 12.2. The normalized spacial score (nSPS) is 16.2. The van der Waals surface area contributed by atoms with Crippen LogP contribution in [0.2, 0.25) is 0 Å². The fraction of sp³-hybridized carbons (Fsp3) is 0.118. The van der Waals surface area contributed by atoms with Crippen molar-refractivity contribution in [2.75, 3.05) is 10.6 Å². The summed E-state index contributed by atoms with van der Waals surface area (Å²) in [7, 11) is 0. The fourth-order valence-corrected chi connectivity index (χ4v) is 2.59. The molecule has 3 N–H and O–H groups in total. The molecule has 1 aromatic heterocycles. The molecule has 3 aromatic rings. The van der Waals surface area contributed by atoms with Gasteiger partial charge in [-0.3, -0.25) is 14.9 Å². The Morgan fingerprint density at radius 3 is 2.83 bits per heavy atom. The van der Waals surface area contributed by atoms with E-state index in [-0.39, 0.29) is 18.2 Å². The standard InChI is InChI=1S/C17H14N4O3/c22-15(21-17-19-10-5-1-2-6-11(10)20-17)9-14-16(23)18-12-7-3-4-8-13(12)24-14/h1-8,14H,9H2,(H,18,23)(H2,19,20,21,22)/t14-/m0/s1. The van der Waals surface area contributed by atoms with Crippen LogP contribution < -0.4 is 15.4 Å². The number of rotatable bonds is 3. The summed E-state index contributed by atoms with van der Waals surface area (Å²) in [6, 6.07) is 14.6. The lowest BCUT2D eigenvalue weighted by atomic mass is 10.1. The Morgan fingerprint density at radius 2 is 1.96 bits per heavy atom. The quantitative estimate of drug-likeness (QED) is 0.689. The summed E-state index contributed by atoms with van der Waals surface area (Å²) in [6.45, 7) is 0. The minimum Gasteiger partial charge on any atom is -0.478 e. The van der Waals surface area contributed by atoms with Crippen molar-refractivity contribution in [2.24, 2.45) is 0 Å². The molecule has 0 saturated heterocycles. The summed E-state index contributed by atoms with van der Waals surface area (Å²) < 4.78 is 5.61. The zero-order chi connectivity index (χ0) is 16.5. The van der Waals surface area contributed by atoms with Gasteiger partial charge in [-0.15, -0.1) is 0 Å². The Labute approximate surface area is 137 Å². The van der Waals surface area contributed by atoms with Gasteiger partial charge in [-0.2, -0.15) is 0 Å². The Bertz CT molecular complexity index is 901. The smallest absolute Gasteiger partial charge is 0.266 e. The number of nitrogens with one attached hydrogen (secondary N) is 3. The number of imidazole rings is 1. The number of benzene rings is 2. The number of fused-ring (bicyclic) bond motifs is 2. The third-order valence-electron chi connectivity index (χ3n) is 3.72. The molecule has 2 heterocycles. The molecule has 120 valence electrons. The van der Waals surface area contributed by atoms with Crippen molar-refractivity contribution in [3.05, 3.63) is 48.5 Å². The number of nitrogens with zero attached hydrogens (tertiary/aromatic N) is 1. The molecule has 0 spiro atoms. The van der Waals surface area contributed by atoms with Gasteiger partial charge in [0.25, 0.3) is 5.91 Å². The molecule has 1 aliphatic heterocycles. The molecule has 7 heteroatoms. The van der Waals surface area contributed by atoms with Crippen molar-refractivity contribution in [1.82, 2.24) is 9.97 Å². The van der Waals surface area contributed by atoms with E-state index in [9.17, 15) is 9.59 Å². The molecule has 0 unspecified atom stereocenters. The number of amides is 2. The minimum atomic E-state index is -0.871. The molecule has 0 fully saturated rings. The highest BCUT2D eigenvalue weighted by molar-refractivity contribution is 6.01. The van der Waals surface area contributed by atoms with E-state index >= 15 is 0 Å². The number of para-hydroxylation sites is 4. The average Bonchev–Trinajstić information content (AvgIpc) is 2.97. The van der Waals surface area contributed by atoms with Crippen LogP contribution in [0.25, 0.3) is 11.0 Å². The van der Waals surface area contributed by atoms with Crippen LogP contribution >= 0.6 is 0 Å². The largest absolute Gasteiger partial charge is 0.478 e. The maximum Gasteiger partial charge on any atom is 0.266 e. The number of aromatic amines is 1. The van der Waals surface area contributed by atoms with Crippen LogP contribution in [0.4, 0.5) is 11.6 Å². The number of carbonyl (C=O) groups excluding carboxylic acids is 2. The molecule has 1 atom stereocenters. The monoisotopic (exact) mass is 322 g/mol. The van der Waals surface area contributed by atoms with Crippen molar-refractivity contribution in [3.8, 4) is 5.75 Å². The Morgan fingerprint density at radius 1 is 1.17 bits per heavy atom. The summed E-state index contributed by atoms with van der Waals surface area (Å²) in [5, 5.41) is 5.39. The molecule has 1 aliphatic rings. The highest BCUT2D eigenvalue weighted by atomic mass is 16.5. The highest BCUT2D eigenvalue weighted by Gasteiger charge is 2.29. The topological polar surface area (TPSA) is 96.1 Å². The molecule has 0 bridgehead atoms. The molecule has 2 amide bonds. The molecular formula is C17H14N4O3. The van der Waals surface area contributed by atoms with Gasteiger partial charge < -0.3 is 15.0 Å². The summed E-state index contributed by atoms with van der Waals surface area (Å²) >= 11 is 0. The Kier molecular flexibility index (Phi) is 3.38. The third kappa shape index (κ3) is 2.67. The first-order valence-electron chi connectivity index (χ1n) is 7.50. The fourth-order valence-electron chi connectivity index (χ4n) is 2.59. The van der Waals surface area contributed by atoms with Gasteiger partial charge >= 0.3 is 0 Å². The number of anilines is 2. The second-order valence-electron chi connectivity index (χ2n) is 5.45. The number of hydrogen-bond donors (Lipinski definition) is 3. The lowest BCUT2D eigenvalue weighted by Gasteiger charge is -2.25. The lowest BCUT2D eigenvalue weighted by Crippen LogP contribution is -2.39. The summed E-state index contributed by atoms with van der Waals surface area (Å²) in [5.74, 6) is 0.207. The van der Waals surface area contributed by atoms with Gasteiger partial charge in [0.2, 0.25) is 11.9 Å². The van der Waals surface area contributed by atoms with Crippen LogP contribution in [0, 0.1) is 0 Å². The number of carbonyl (C=O) groups is 2. The predicted molar refractivity (Wildman–Crippen MR) is 88.8 cm³/mol. The summed E-state index contributed by atoms with van der Waals surface area (Å²) in [5.41, 5.74) is 2.19. The number of ether oxygens (including phenoxy) is 1. The first kappa shape index (κ1) is 14.3. The maximum atomic E-state index is 12.2. The number of hydrogen-bond acceptors (Lipinski definition) is 4. The van der Waals surface area contributed by atoms with Crippen LogP contribution in [-0.2, 0) is 9.59 Å². The average molecular weight is 322 g/mol. The van der Waals surface area contributed by atoms with Crippen molar-refractivity contribution >= 4 is 34.5 Å². The minimum absolute atomic E-state index is 0.1000. The van der Waals surface area contributed by atoms with Gasteiger partial charge in [0.05, 0.1) is 23.1 Å². The van der Waals surface area contributed by atoms with Gasteiger partial charge in [0.15, 0.2) is 6.10 Å². The first-order chi connectivity index (χ1) is 11.7. The molecule has 2 aromatic carbocycles. The van der Waals surface area contributed by atoms with E-state index in [1.54, 1.807) is 18.2 Å². The van der Waals surface area contributed by atoms with Crippen LogP contribution in [0.5, 0.6) is 5.75 Å². The Hall–Kier alpha value is -3.35. The van der Waals surface area contributed by atoms with Crippen molar-refractivity contribution in [1.29, 1.82) is 0 Å². The van der Waals surface area contributed by atoms with E-state index < -0.39 is 6.10 Å². The number of aromatic nitrogens is 2. The van der Waals surface area contributed by atoms with Gasteiger partial charge in [-0.1, -0.05) is 24.3 Å². The van der Waals surface area contributed by atoms with Crippen LogP contribution in [0.1, 0.15) is 6.42 Å². The second kappa shape index (κ2) is 5.69. The van der Waals surface area contributed by atoms with Gasteiger partial charge in [-0.25, -0.2) is 4.98 Å². The zero-order valence-electron chi connectivity index (χ0n) is 12.6. The second-order valence-corrected chi connectivity index (χ2v) is 5.45. The van der Waals surface area contributed by atoms with Crippen LogP contribution in [0.3, 0.4) is 0 Å². The van der Waals surface area contributed by atoms with Gasteiger partial charge in [-0.05, 0) is 24.3 Å². The van der Waals surface area contributed by atoms with Crippen LogP contribution in [-0.4, -0.2) is 27.9 Å². The van der Waals surface area contributed by atoms with E-state index in [0.717, 1.165) is 11.0 Å². The van der Waals surface area contributed by atoms with E-state index in [4.69, 9.17) is 4.74 Å². The molecule has 0 radical (unpaired) electrons. The lowest BCUT2D eigenvalue weighted by molar-refractivity contribution is -0.128. The molecule has 24 heavy (non-hydrogen) atoms. The van der Waals surface area contributed by atoms with Crippen molar-refractivity contribution in [2.45, 2.75) is 12.5 Å². The van der Waals surface area contributed by atoms with E-state index in [0.29, 0.717) is 17.4 Å². The summed E-state index contributed by atoms with van der Waals surface area (Å²) in [6.07, 6.45) is -0.971. The van der Waals surface area contributed by atoms with E-state index in [1.807, 2.05) is 30.3 Å². The third-order valence-corrected chi connectivity index (χ3v) is 3.72.